The van der Waals surface area contributed by atoms with E-state index in [4.69, 9.17) is 16.2 Å². The van der Waals surface area contributed by atoms with E-state index in [0.29, 0.717) is 0 Å². The fourth-order valence-electron chi connectivity index (χ4n) is 1.46. The Morgan fingerprint density at radius 1 is 1.50 bits per heavy atom. The van der Waals surface area contributed by atoms with Crippen molar-refractivity contribution in [1.29, 1.82) is 0 Å². The molecule has 0 aliphatic rings. The van der Waals surface area contributed by atoms with Crippen LogP contribution in [0.1, 0.15) is 17.4 Å². The number of esters is 1. The Bertz CT molecular complexity index is 656. The van der Waals surface area contributed by atoms with Gasteiger partial charge in [-0.1, -0.05) is 0 Å². The third-order valence-electron chi connectivity index (χ3n) is 2.44. The summed E-state index contributed by atoms with van der Waals surface area (Å²) in [4.78, 5) is 18.1. The van der Waals surface area contributed by atoms with Gasteiger partial charge in [0.15, 0.2) is 23.0 Å². The minimum atomic E-state index is -0.564. The summed E-state index contributed by atoms with van der Waals surface area (Å²) in [5.41, 5.74) is 11.7. The highest BCUT2D eigenvalue weighted by Gasteiger charge is 2.16. The number of H-pyrrole nitrogens is 1. The lowest BCUT2D eigenvalue weighted by Crippen LogP contribution is -2.05. The number of hydrogen-bond acceptors (Lipinski definition) is 8. The number of aryl methyl sites for hydroxylation is 1. The first-order valence-electron chi connectivity index (χ1n) is 5.74. The number of nitrogens with two attached hydrogens (primary N) is 2. The number of carbonyl (C=O) groups excluding carboxylic acids is 1. The van der Waals surface area contributed by atoms with Crippen molar-refractivity contribution in [3.8, 4) is 0 Å². The molecule has 10 heteroatoms. The number of carbonyl (C=O) groups is 1. The fraction of sp³-hybridized carbons (Fsp3) is 0.300. The number of ether oxygens (including phenoxy) is 1. The molecule has 0 unspecified atom stereocenters. The van der Waals surface area contributed by atoms with Gasteiger partial charge in [-0.25, -0.2) is 14.5 Å². The molecule has 0 aliphatic carbocycles. The second-order valence-corrected chi connectivity index (χ2v) is 3.76. The summed E-state index contributed by atoms with van der Waals surface area (Å²) in [6.07, 6.45) is 1.32. The van der Waals surface area contributed by atoms with Crippen molar-refractivity contribution in [2.75, 3.05) is 18.1 Å². The van der Waals surface area contributed by atoms with Crippen LogP contribution in [-0.4, -0.2) is 32.3 Å². The lowest BCUT2D eigenvalue weighted by atomic mass is 10.4. The van der Waals surface area contributed by atoms with E-state index in [1.54, 1.807) is 14.0 Å². The Morgan fingerprint density at radius 2 is 2.25 bits per heavy atom. The number of imidazole rings is 1. The number of nitrogens with zero attached hydrogens (tertiary/aromatic N) is 5. The van der Waals surface area contributed by atoms with Gasteiger partial charge in [-0.15, -0.1) is 10.2 Å². The minimum absolute atomic E-state index is 0.0890. The van der Waals surface area contributed by atoms with E-state index in [-0.39, 0.29) is 35.4 Å². The smallest absolute Gasteiger partial charge is 0.358 e. The van der Waals surface area contributed by atoms with E-state index in [9.17, 15) is 4.79 Å². The van der Waals surface area contributed by atoms with Crippen molar-refractivity contribution in [1.82, 2.24) is 19.7 Å². The van der Waals surface area contributed by atoms with E-state index >= 15 is 0 Å². The van der Waals surface area contributed by atoms with Crippen LogP contribution in [0.25, 0.3) is 0 Å². The molecular weight excluding hydrogens is 264 g/mol. The maximum absolute atomic E-state index is 11.6. The molecule has 5 N–H and O–H groups in total. The van der Waals surface area contributed by atoms with Crippen molar-refractivity contribution >= 4 is 29.1 Å². The van der Waals surface area contributed by atoms with Crippen LogP contribution in [0.3, 0.4) is 0 Å². The number of azo groups is 1. The van der Waals surface area contributed by atoms with E-state index < -0.39 is 5.97 Å². The standard InChI is InChI=1S/C10H14N8O2/c1-3-20-10(19)6-9(14-4-13-6)16-15-5-7(11)17-18(2)8(5)12/h4H,3,12H2,1-2H3,(H2,11,17)(H,13,14). The molecule has 0 radical (unpaired) electrons. The number of anilines is 2. The fourth-order valence-corrected chi connectivity index (χ4v) is 1.46. The normalized spacial score (nSPS) is 11.1. The summed E-state index contributed by atoms with van der Waals surface area (Å²) in [6.45, 7) is 1.95. The predicted molar refractivity (Wildman–Crippen MR) is 70.8 cm³/mol. The summed E-state index contributed by atoms with van der Waals surface area (Å²) in [5, 5.41) is 11.6. The summed E-state index contributed by atoms with van der Waals surface area (Å²) in [7, 11) is 1.63. The average Bonchev–Trinajstić information content (AvgIpc) is 2.95. The Labute approximate surface area is 113 Å². The van der Waals surface area contributed by atoms with Crippen LogP contribution in [0, 0.1) is 0 Å². The summed E-state index contributed by atoms with van der Waals surface area (Å²) >= 11 is 0. The third kappa shape index (κ3) is 2.43. The number of aromatic nitrogens is 4. The summed E-state index contributed by atoms with van der Waals surface area (Å²) in [6, 6.07) is 0. The molecule has 0 fully saturated rings. The van der Waals surface area contributed by atoms with Crippen molar-refractivity contribution in [2.24, 2.45) is 17.3 Å². The van der Waals surface area contributed by atoms with Crippen LogP contribution in [-0.2, 0) is 11.8 Å². The second-order valence-electron chi connectivity index (χ2n) is 3.76. The summed E-state index contributed by atoms with van der Waals surface area (Å²) in [5.74, 6) is -0.0707. The highest BCUT2D eigenvalue weighted by atomic mass is 16.5. The van der Waals surface area contributed by atoms with E-state index in [0.717, 1.165) is 0 Å². The van der Waals surface area contributed by atoms with Crippen LogP contribution in [0.5, 0.6) is 0 Å². The number of nitrogen functional groups attached to an aromatic ring is 2. The molecule has 0 bridgehead atoms. The molecule has 0 aromatic carbocycles. The summed E-state index contributed by atoms with van der Waals surface area (Å²) < 4.78 is 6.23. The lowest BCUT2D eigenvalue weighted by molar-refractivity contribution is 0.0521. The zero-order chi connectivity index (χ0) is 14.7. The van der Waals surface area contributed by atoms with Gasteiger partial charge in [0.05, 0.1) is 12.9 Å². The van der Waals surface area contributed by atoms with Gasteiger partial charge in [-0.05, 0) is 6.92 Å². The van der Waals surface area contributed by atoms with Gasteiger partial charge in [0.1, 0.15) is 0 Å². The van der Waals surface area contributed by atoms with Crippen molar-refractivity contribution in [2.45, 2.75) is 6.92 Å². The Hall–Kier alpha value is -2.91. The number of aromatic amines is 1. The largest absolute Gasteiger partial charge is 0.461 e. The van der Waals surface area contributed by atoms with Gasteiger partial charge in [0.25, 0.3) is 0 Å². The maximum Gasteiger partial charge on any atom is 0.358 e. The van der Waals surface area contributed by atoms with Gasteiger partial charge in [0.2, 0.25) is 5.82 Å². The second kappa shape index (κ2) is 5.38. The zero-order valence-electron chi connectivity index (χ0n) is 11.0. The van der Waals surface area contributed by atoms with Gasteiger partial charge in [-0.3, -0.25) is 0 Å². The van der Waals surface area contributed by atoms with Crippen LogP contribution in [0.15, 0.2) is 16.6 Å². The van der Waals surface area contributed by atoms with Crippen molar-refractivity contribution in [3.63, 3.8) is 0 Å². The first-order valence-corrected chi connectivity index (χ1v) is 5.74. The molecule has 0 saturated heterocycles. The van der Waals surface area contributed by atoms with Gasteiger partial charge < -0.3 is 21.2 Å². The highest BCUT2D eigenvalue weighted by Crippen LogP contribution is 2.30. The molecule has 2 heterocycles. The Kier molecular flexibility index (Phi) is 3.64. The van der Waals surface area contributed by atoms with Crippen LogP contribution < -0.4 is 11.5 Å². The minimum Gasteiger partial charge on any atom is -0.461 e. The molecule has 0 aliphatic heterocycles. The molecule has 106 valence electrons. The first kappa shape index (κ1) is 13.5. The van der Waals surface area contributed by atoms with Gasteiger partial charge in [0, 0.05) is 7.05 Å². The van der Waals surface area contributed by atoms with Gasteiger partial charge >= 0.3 is 5.97 Å². The zero-order valence-corrected chi connectivity index (χ0v) is 11.0. The quantitative estimate of drug-likeness (QED) is 0.558. The number of nitrogens with one attached hydrogen (secondary N) is 1. The van der Waals surface area contributed by atoms with Crippen LogP contribution >= 0.6 is 0 Å². The van der Waals surface area contributed by atoms with Crippen molar-refractivity contribution in [3.05, 3.63) is 12.0 Å². The molecule has 2 aromatic heterocycles. The molecule has 2 rings (SSSR count). The topological polar surface area (TPSA) is 150 Å². The van der Waals surface area contributed by atoms with E-state index in [1.165, 1.54) is 11.0 Å². The highest BCUT2D eigenvalue weighted by molar-refractivity contribution is 5.91. The molecule has 0 saturated carbocycles. The molecule has 20 heavy (non-hydrogen) atoms. The van der Waals surface area contributed by atoms with Crippen molar-refractivity contribution < 1.29 is 9.53 Å². The number of rotatable bonds is 4. The maximum atomic E-state index is 11.6. The monoisotopic (exact) mass is 278 g/mol. The van der Waals surface area contributed by atoms with Crippen LogP contribution in [0.4, 0.5) is 23.1 Å². The Morgan fingerprint density at radius 3 is 2.85 bits per heavy atom. The van der Waals surface area contributed by atoms with E-state index in [1.807, 2.05) is 0 Å². The molecule has 10 nitrogen and oxygen atoms in total. The molecular formula is C10H14N8O2. The average molecular weight is 278 g/mol. The SMILES string of the molecule is CCOC(=O)c1[nH]cnc1N=Nc1c(N)nn(C)c1N. The first-order chi connectivity index (χ1) is 9.54. The van der Waals surface area contributed by atoms with E-state index in [2.05, 4.69) is 25.3 Å². The van der Waals surface area contributed by atoms with Gasteiger partial charge in [-0.2, -0.15) is 5.10 Å². The lowest BCUT2D eigenvalue weighted by Gasteiger charge is -1.98. The Balaban J connectivity index is 2.28. The number of hydrogen-bond donors (Lipinski definition) is 3. The predicted octanol–water partition coefficient (Wildman–Crippen LogP) is 0.900. The molecule has 0 amide bonds. The molecule has 0 atom stereocenters. The molecule has 2 aromatic rings. The third-order valence-corrected chi connectivity index (χ3v) is 2.44. The van der Waals surface area contributed by atoms with Crippen LogP contribution in [0.2, 0.25) is 0 Å². The molecule has 0 spiro atoms.